The van der Waals surface area contributed by atoms with Crippen LogP contribution >= 0.6 is 0 Å². The number of nitrogens with zero attached hydrogens (tertiary/aromatic N) is 1. The number of ether oxygens (including phenoxy) is 1. The molecular formula is C19H17FN2O3. The quantitative estimate of drug-likeness (QED) is 0.716. The fourth-order valence-corrected chi connectivity index (χ4v) is 2.22. The summed E-state index contributed by atoms with van der Waals surface area (Å²) >= 11 is 0. The van der Waals surface area contributed by atoms with Crippen molar-refractivity contribution in [2.45, 2.75) is 13.0 Å². The first-order valence-corrected chi connectivity index (χ1v) is 7.87. The first-order valence-electron chi connectivity index (χ1n) is 7.87. The smallest absolute Gasteiger partial charge is 0.290 e. The van der Waals surface area contributed by atoms with E-state index in [4.69, 9.17) is 9.26 Å². The van der Waals surface area contributed by atoms with Gasteiger partial charge in [0.15, 0.2) is 0 Å². The van der Waals surface area contributed by atoms with Crippen LogP contribution in [0.1, 0.15) is 21.7 Å². The summed E-state index contributed by atoms with van der Waals surface area (Å²) in [4.78, 5) is 12.0. The van der Waals surface area contributed by atoms with Crippen molar-refractivity contribution in [1.82, 2.24) is 10.5 Å². The predicted molar refractivity (Wildman–Crippen MR) is 89.7 cm³/mol. The summed E-state index contributed by atoms with van der Waals surface area (Å²) < 4.78 is 23.3. The molecule has 0 radical (unpaired) electrons. The molecule has 0 bridgehead atoms. The number of carbonyl (C=O) groups is 1. The van der Waals surface area contributed by atoms with Crippen LogP contribution < -0.4 is 10.1 Å². The molecule has 128 valence electrons. The monoisotopic (exact) mass is 340 g/mol. The van der Waals surface area contributed by atoms with Crippen molar-refractivity contribution in [3.63, 3.8) is 0 Å². The number of hydrogen-bond acceptors (Lipinski definition) is 4. The van der Waals surface area contributed by atoms with E-state index < -0.39 is 0 Å². The van der Waals surface area contributed by atoms with Gasteiger partial charge in [-0.25, -0.2) is 4.39 Å². The summed E-state index contributed by atoms with van der Waals surface area (Å²) in [5.74, 6) is -0.309. The molecule has 1 N–H and O–H groups in total. The Kier molecular flexibility index (Phi) is 5.41. The minimum absolute atomic E-state index is 0.0853. The second-order valence-corrected chi connectivity index (χ2v) is 5.44. The minimum atomic E-state index is -0.371. The van der Waals surface area contributed by atoms with Gasteiger partial charge in [0.05, 0.1) is 6.07 Å². The van der Waals surface area contributed by atoms with Crippen LogP contribution in [0.4, 0.5) is 4.39 Å². The average Bonchev–Trinajstić information content (AvgIpc) is 3.12. The van der Waals surface area contributed by atoms with Gasteiger partial charge < -0.3 is 14.6 Å². The number of rotatable bonds is 7. The van der Waals surface area contributed by atoms with Gasteiger partial charge in [0.2, 0.25) is 5.76 Å². The molecule has 0 spiro atoms. The summed E-state index contributed by atoms with van der Waals surface area (Å²) in [6, 6.07) is 17.2. The third-order valence-electron chi connectivity index (χ3n) is 3.55. The highest BCUT2D eigenvalue weighted by molar-refractivity contribution is 5.91. The van der Waals surface area contributed by atoms with E-state index in [9.17, 15) is 9.18 Å². The largest absolute Gasteiger partial charge is 0.471 e. The predicted octanol–water partition coefficient (Wildman–Crippen LogP) is 3.37. The van der Waals surface area contributed by atoms with Gasteiger partial charge in [-0.05, 0) is 34.8 Å². The summed E-state index contributed by atoms with van der Waals surface area (Å²) in [6.07, 6.45) is 0.595. The van der Waals surface area contributed by atoms with Gasteiger partial charge >= 0.3 is 0 Å². The van der Waals surface area contributed by atoms with Gasteiger partial charge in [0, 0.05) is 6.54 Å². The van der Waals surface area contributed by atoms with Gasteiger partial charge in [0.1, 0.15) is 12.4 Å². The SMILES string of the molecule is O=C(NCCc1ccc(F)cc1)c1cc(OCc2ccccc2)no1. The Bertz CT molecular complexity index is 816. The van der Waals surface area contributed by atoms with E-state index in [0.717, 1.165) is 11.1 Å². The Hall–Kier alpha value is -3.15. The minimum Gasteiger partial charge on any atom is -0.471 e. The molecule has 0 saturated heterocycles. The Morgan fingerprint density at radius 1 is 1.08 bits per heavy atom. The fourth-order valence-electron chi connectivity index (χ4n) is 2.22. The molecule has 1 heterocycles. The number of benzene rings is 2. The number of hydrogen-bond donors (Lipinski definition) is 1. The molecule has 25 heavy (non-hydrogen) atoms. The van der Waals surface area contributed by atoms with E-state index in [1.165, 1.54) is 18.2 Å². The highest BCUT2D eigenvalue weighted by Gasteiger charge is 2.13. The molecule has 2 aromatic carbocycles. The summed E-state index contributed by atoms with van der Waals surface area (Å²) in [5.41, 5.74) is 1.93. The number of carbonyl (C=O) groups excluding carboxylic acids is 1. The maximum atomic E-state index is 12.8. The molecule has 6 heteroatoms. The van der Waals surface area contributed by atoms with Crippen molar-refractivity contribution in [1.29, 1.82) is 0 Å². The Morgan fingerprint density at radius 3 is 2.60 bits per heavy atom. The van der Waals surface area contributed by atoms with Crippen LogP contribution in [-0.2, 0) is 13.0 Å². The van der Waals surface area contributed by atoms with Crippen molar-refractivity contribution >= 4 is 5.91 Å². The second kappa shape index (κ2) is 8.10. The van der Waals surface area contributed by atoms with E-state index in [0.29, 0.717) is 19.6 Å². The zero-order valence-corrected chi connectivity index (χ0v) is 13.4. The number of halogens is 1. The first-order chi connectivity index (χ1) is 12.2. The molecule has 3 rings (SSSR count). The van der Waals surface area contributed by atoms with Crippen molar-refractivity contribution in [3.05, 3.63) is 83.4 Å². The average molecular weight is 340 g/mol. The molecule has 3 aromatic rings. The molecule has 0 aliphatic rings. The standard InChI is InChI=1S/C19H17FN2O3/c20-16-8-6-14(7-9-16)10-11-21-19(23)17-12-18(22-25-17)24-13-15-4-2-1-3-5-15/h1-9,12H,10-11,13H2,(H,21,23). The van der Waals surface area contributed by atoms with Crippen LogP contribution in [0.15, 0.2) is 65.2 Å². The molecule has 1 aromatic heterocycles. The topological polar surface area (TPSA) is 64.4 Å². The normalized spacial score (nSPS) is 10.4. The third kappa shape index (κ3) is 4.91. The van der Waals surface area contributed by atoms with Crippen LogP contribution in [0.2, 0.25) is 0 Å². The fraction of sp³-hybridized carbons (Fsp3) is 0.158. The van der Waals surface area contributed by atoms with Gasteiger partial charge in [-0.15, -0.1) is 0 Å². The zero-order valence-electron chi connectivity index (χ0n) is 13.4. The van der Waals surface area contributed by atoms with Crippen molar-refractivity contribution in [2.24, 2.45) is 0 Å². The van der Waals surface area contributed by atoms with Gasteiger partial charge in [0.25, 0.3) is 11.8 Å². The summed E-state index contributed by atoms with van der Waals surface area (Å²) in [5, 5.41) is 6.46. The lowest BCUT2D eigenvalue weighted by Gasteiger charge is -2.03. The van der Waals surface area contributed by atoms with Crippen molar-refractivity contribution in [2.75, 3.05) is 6.54 Å². The van der Waals surface area contributed by atoms with Gasteiger partial charge in [-0.1, -0.05) is 42.5 Å². The Morgan fingerprint density at radius 2 is 1.84 bits per heavy atom. The lowest BCUT2D eigenvalue weighted by atomic mass is 10.1. The molecule has 0 atom stereocenters. The molecule has 1 amide bonds. The summed E-state index contributed by atoms with van der Waals surface area (Å²) in [6.45, 7) is 0.754. The van der Waals surface area contributed by atoms with Crippen LogP contribution in [-0.4, -0.2) is 17.6 Å². The van der Waals surface area contributed by atoms with Crippen LogP contribution in [0, 0.1) is 5.82 Å². The molecule has 0 unspecified atom stereocenters. The molecular weight excluding hydrogens is 323 g/mol. The van der Waals surface area contributed by atoms with Crippen LogP contribution in [0.5, 0.6) is 5.88 Å². The molecule has 0 aliphatic carbocycles. The van der Waals surface area contributed by atoms with E-state index in [1.54, 1.807) is 12.1 Å². The lowest BCUT2D eigenvalue weighted by molar-refractivity contribution is 0.0917. The van der Waals surface area contributed by atoms with Crippen molar-refractivity contribution in [3.8, 4) is 5.88 Å². The number of aromatic nitrogens is 1. The van der Waals surface area contributed by atoms with E-state index >= 15 is 0 Å². The van der Waals surface area contributed by atoms with E-state index in [1.807, 2.05) is 30.3 Å². The zero-order chi connectivity index (χ0) is 17.5. The highest BCUT2D eigenvalue weighted by Crippen LogP contribution is 2.13. The summed E-state index contributed by atoms with van der Waals surface area (Å²) in [7, 11) is 0. The second-order valence-electron chi connectivity index (χ2n) is 5.44. The van der Waals surface area contributed by atoms with Gasteiger partial charge in [-0.2, -0.15) is 0 Å². The van der Waals surface area contributed by atoms with E-state index in [-0.39, 0.29) is 23.4 Å². The van der Waals surface area contributed by atoms with Gasteiger partial charge in [-0.3, -0.25) is 4.79 Å². The maximum absolute atomic E-state index is 12.8. The molecule has 0 aliphatic heterocycles. The first kappa shape index (κ1) is 16.7. The van der Waals surface area contributed by atoms with E-state index in [2.05, 4.69) is 10.5 Å². The molecule has 0 fully saturated rings. The Balaban J connectivity index is 1.46. The number of nitrogens with one attached hydrogen (secondary N) is 1. The maximum Gasteiger partial charge on any atom is 0.290 e. The Labute approximate surface area is 144 Å². The van der Waals surface area contributed by atoms with Crippen LogP contribution in [0.3, 0.4) is 0 Å². The lowest BCUT2D eigenvalue weighted by Crippen LogP contribution is -2.25. The van der Waals surface area contributed by atoms with Crippen LogP contribution in [0.25, 0.3) is 0 Å². The number of amides is 1. The third-order valence-corrected chi connectivity index (χ3v) is 3.55. The van der Waals surface area contributed by atoms with Crippen molar-refractivity contribution < 1.29 is 18.4 Å². The highest BCUT2D eigenvalue weighted by atomic mass is 19.1. The molecule has 5 nitrogen and oxygen atoms in total. The molecule has 0 saturated carbocycles.